The lowest BCUT2D eigenvalue weighted by atomic mass is 10.3. The summed E-state index contributed by atoms with van der Waals surface area (Å²) in [6.07, 6.45) is 0. The highest BCUT2D eigenvalue weighted by Gasteiger charge is 2.13. The van der Waals surface area contributed by atoms with Gasteiger partial charge in [0.15, 0.2) is 5.82 Å². The molecule has 1 amide bonds. The highest BCUT2D eigenvalue weighted by atomic mass is 35.5. The standard InChI is InChI=1S/C16H13ClFN5O2/c1-8-5-15(23-25-8)22-16(24)13-7-14(20-9(2)19-13)21-10-3-4-12(18)11(17)6-10/h3-7H,1-2H3,(H,19,20,21)(H,22,23,24). The molecule has 0 saturated heterocycles. The number of amides is 1. The summed E-state index contributed by atoms with van der Waals surface area (Å²) >= 11 is 5.76. The Balaban J connectivity index is 1.82. The second-order valence-electron chi connectivity index (χ2n) is 5.22. The first-order valence-electron chi connectivity index (χ1n) is 7.23. The van der Waals surface area contributed by atoms with E-state index in [1.165, 1.54) is 24.3 Å². The molecule has 9 heteroatoms. The Morgan fingerprint density at radius 2 is 1.96 bits per heavy atom. The molecule has 3 rings (SSSR count). The van der Waals surface area contributed by atoms with Gasteiger partial charge in [0.05, 0.1) is 5.02 Å². The van der Waals surface area contributed by atoms with Crippen molar-refractivity contribution in [3.63, 3.8) is 0 Å². The fourth-order valence-corrected chi connectivity index (χ4v) is 2.26. The molecular weight excluding hydrogens is 349 g/mol. The number of aromatic nitrogens is 3. The number of hydrogen-bond donors (Lipinski definition) is 2. The number of anilines is 3. The largest absolute Gasteiger partial charge is 0.360 e. The molecule has 0 fully saturated rings. The molecule has 2 N–H and O–H groups in total. The second-order valence-corrected chi connectivity index (χ2v) is 5.62. The zero-order valence-electron chi connectivity index (χ0n) is 13.3. The van der Waals surface area contributed by atoms with Crippen molar-refractivity contribution in [1.29, 1.82) is 0 Å². The quantitative estimate of drug-likeness (QED) is 0.732. The first-order valence-corrected chi connectivity index (χ1v) is 7.61. The molecular formula is C16H13ClFN5O2. The lowest BCUT2D eigenvalue weighted by Gasteiger charge is -2.09. The molecule has 1 aromatic carbocycles. The monoisotopic (exact) mass is 361 g/mol. The molecule has 3 aromatic rings. The van der Waals surface area contributed by atoms with Crippen molar-refractivity contribution in [2.45, 2.75) is 13.8 Å². The van der Waals surface area contributed by atoms with E-state index < -0.39 is 11.7 Å². The molecule has 0 spiro atoms. The molecule has 0 bridgehead atoms. The summed E-state index contributed by atoms with van der Waals surface area (Å²) in [6, 6.07) is 7.22. The molecule has 7 nitrogen and oxygen atoms in total. The molecule has 0 aliphatic rings. The summed E-state index contributed by atoms with van der Waals surface area (Å²) < 4.78 is 18.1. The Bertz CT molecular complexity index is 944. The Morgan fingerprint density at radius 1 is 1.16 bits per heavy atom. The van der Waals surface area contributed by atoms with Crippen molar-refractivity contribution >= 4 is 34.8 Å². The molecule has 0 atom stereocenters. The fourth-order valence-electron chi connectivity index (χ4n) is 2.08. The van der Waals surface area contributed by atoms with Gasteiger partial charge in [-0.2, -0.15) is 0 Å². The van der Waals surface area contributed by atoms with E-state index in [0.717, 1.165) is 0 Å². The van der Waals surface area contributed by atoms with Crippen LogP contribution < -0.4 is 10.6 Å². The van der Waals surface area contributed by atoms with Crippen LogP contribution in [0.4, 0.5) is 21.7 Å². The molecule has 0 unspecified atom stereocenters. The van der Waals surface area contributed by atoms with E-state index in [1.807, 2.05) is 0 Å². The maximum absolute atomic E-state index is 13.2. The number of halogens is 2. The van der Waals surface area contributed by atoms with Gasteiger partial charge in [0.25, 0.3) is 5.91 Å². The van der Waals surface area contributed by atoms with Crippen LogP contribution in [0.3, 0.4) is 0 Å². The van der Waals surface area contributed by atoms with Gasteiger partial charge in [0.2, 0.25) is 0 Å². The average molecular weight is 362 g/mol. The van der Waals surface area contributed by atoms with Crippen LogP contribution in [0.5, 0.6) is 0 Å². The van der Waals surface area contributed by atoms with Crippen LogP contribution in [-0.4, -0.2) is 21.0 Å². The van der Waals surface area contributed by atoms with Gasteiger partial charge >= 0.3 is 0 Å². The van der Waals surface area contributed by atoms with Gasteiger partial charge in [-0.05, 0) is 32.0 Å². The van der Waals surface area contributed by atoms with Crippen molar-refractivity contribution in [2.24, 2.45) is 0 Å². The number of nitrogens with one attached hydrogen (secondary N) is 2. The van der Waals surface area contributed by atoms with E-state index >= 15 is 0 Å². The number of aryl methyl sites for hydroxylation is 2. The van der Waals surface area contributed by atoms with Gasteiger partial charge in [-0.3, -0.25) is 4.79 Å². The van der Waals surface area contributed by atoms with Crippen LogP contribution in [0.1, 0.15) is 22.1 Å². The number of nitrogens with zero attached hydrogens (tertiary/aromatic N) is 3. The predicted molar refractivity (Wildman–Crippen MR) is 90.7 cm³/mol. The van der Waals surface area contributed by atoms with E-state index in [-0.39, 0.29) is 10.7 Å². The average Bonchev–Trinajstić information content (AvgIpc) is 2.95. The molecule has 0 saturated carbocycles. The van der Waals surface area contributed by atoms with E-state index in [0.29, 0.717) is 28.9 Å². The summed E-state index contributed by atoms with van der Waals surface area (Å²) in [4.78, 5) is 20.6. The fraction of sp³-hybridized carbons (Fsp3) is 0.125. The number of rotatable bonds is 4. The molecule has 0 aliphatic carbocycles. The third-order valence-electron chi connectivity index (χ3n) is 3.13. The Hall–Kier alpha value is -3.00. The smallest absolute Gasteiger partial charge is 0.275 e. The normalized spacial score (nSPS) is 10.6. The van der Waals surface area contributed by atoms with Crippen LogP contribution in [-0.2, 0) is 0 Å². The van der Waals surface area contributed by atoms with Gasteiger partial charge < -0.3 is 15.2 Å². The zero-order chi connectivity index (χ0) is 18.0. The van der Waals surface area contributed by atoms with Crippen LogP contribution >= 0.6 is 11.6 Å². The van der Waals surface area contributed by atoms with Crippen LogP contribution in [0.25, 0.3) is 0 Å². The van der Waals surface area contributed by atoms with Gasteiger partial charge in [-0.25, -0.2) is 14.4 Å². The SMILES string of the molecule is Cc1nc(Nc2ccc(F)c(Cl)c2)cc(C(=O)Nc2cc(C)on2)n1. The summed E-state index contributed by atoms with van der Waals surface area (Å²) in [5.41, 5.74) is 0.673. The first-order chi connectivity index (χ1) is 11.9. The molecule has 25 heavy (non-hydrogen) atoms. The topological polar surface area (TPSA) is 92.9 Å². The van der Waals surface area contributed by atoms with Crippen molar-refractivity contribution in [3.05, 3.63) is 58.5 Å². The number of hydrogen-bond acceptors (Lipinski definition) is 6. The van der Waals surface area contributed by atoms with E-state index in [9.17, 15) is 9.18 Å². The molecule has 128 valence electrons. The summed E-state index contributed by atoms with van der Waals surface area (Å²) in [5.74, 6) is 0.646. The Labute approximate surface area is 147 Å². The highest BCUT2D eigenvalue weighted by molar-refractivity contribution is 6.31. The number of carbonyl (C=O) groups excluding carboxylic acids is 1. The van der Waals surface area contributed by atoms with Crippen molar-refractivity contribution in [3.8, 4) is 0 Å². The Morgan fingerprint density at radius 3 is 2.64 bits per heavy atom. The molecule has 0 aliphatic heterocycles. The van der Waals surface area contributed by atoms with Crippen LogP contribution in [0.15, 0.2) is 34.9 Å². The van der Waals surface area contributed by atoms with Gasteiger partial charge in [0.1, 0.15) is 28.9 Å². The maximum Gasteiger partial charge on any atom is 0.275 e. The van der Waals surface area contributed by atoms with E-state index in [1.54, 1.807) is 19.9 Å². The Kier molecular flexibility index (Phi) is 4.62. The minimum Gasteiger partial charge on any atom is -0.360 e. The molecule has 2 aromatic heterocycles. The third-order valence-corrected chi connectivity index (χ3v) is 3.42. The van der Waals surface area contributed by atoms with Gasteiger partial charge in [-0.1, -0.05) is 16.8 Å². The highest BCUT2D eigenvalue weighted by Crippen LogP contribution is 2.22. The molecule has 0 radical (unpaired) electrons. The zero-order valence-corrected chi connectivity index (χ0v) is 14.1. The first kappa shape index (κ1) is 16.8. The minimum absolute atomic E-state index is 0.0184. The minimum atomic E-state index is -0.519. The van der Waals surface area contributed by atoms with Crippen molar-refractivity contribution < 1.29 is 13.7 Å². The lowest BCUT2D eigenvalue weighted by molar-refractivity contribution is 0.102. The van der Waals surface area contributed by atoms with Crippen molar-refractivity contribution in [2.75, 3.05) is 10.6 Å². The summed E-state index contributed by atoms with van der Waals surface area (Å²) in [6.45, 7) is 3.37. The molecule has 2 heterocycles. The van der Waals surface area contributed by atoms with E-state index in [4.69, 9.17) is 16.1 Å². The summed E-state index contributed by atoms with van der Waals surface area (Å²) in [5, 5.41) is 9.22. The number of carbonyl (C=O) groups is 1. The van der Waals surface area contributed by atoms with Gasteiger partial charge in [0, 0.05) is 17.8 Å². The maximum atomic E-state index is 13.2. The second kappa shape index (κ2) is 6.86. The van der Waals surface area contributed by atoms with Crippen molar-refractivity contribution in [1.82, 2.24) is 15.1 Å². The van der Waals surface area contributed by atoms with Gasteiger partial charge in [-0.15, -0.1) is 0 Å². The lowest BCUT2D eigenvalue weighted by Crippen LogP contribution is -2.15. The van der Waals surface area contributed by atoms with Crippen LogP contribution in [0.2, 0.25) is 5.02 Å². The summed E-state index contributed by atoms with van der Waals surface area (Å²) in [7, 11) is 0. The van der Waals surface area contributed by atoms with Crippen LogP contribution in [0, 0.1) is 19.7 Å². The number of benzene rings is 1. The predicted octanol–water partition coefficient (Wildman–Crippen LogP) is 3.87. The van der Waals surface area contributed by atoms with E-state index in [2.05, 4.69) is 25.8 Å². The third kappa shape index (κ3) is 4.10.